The summed E-state index contributed by atoms with van der Waals surface area (Å²) in [6.07, 6.45) is 2.12. The van der Waals surface area contributed by atoms with Crippen LogP contribution in [0.1, 0.15) is 36.0 Å². The number of carboxylic acid groups (broad SMARTS) is 1. The van der Waals surface area contributed by atoms with Crippen molar-refractivity contribution in [3.8, 4) is 0 Å². The summed E-state index contributed by atoms with van der Waals surface area (Å²) in [5, 5.41) is 10.2. The van der Waals surface area contributed by atoms with Gasteiger partial charge in [0.25, 0.3) is 0 Å². The highest BCUT2D eigenvalue weighted by Gasteiger charge is 2.44. The van der Waals surface area contributed by atoms with Crippen LogP contribution in [0.2, 0.25) is 0 Å². The Hall–Kier alpha value is -2.95. The normalized spacial score (nSPS) is 12.6. The molecule has 156 valence electrons. The molecule has 0 aromatic heterocycles. The topological polar surface area (TPSA) is 66.6 Å². The molecule has 3 N–H and O–H groups in total. The second kappa shape index (κ2) is 10.2. The lowest BCUT2D eigenvalue weighted by molar-refractivity contribution is -0.144. The number of nitrogens with two attached hydrogens (primary N) is 1. The van der Waals surface area contributed by atoms with E-state index in [4.69, 9.17) is 5.73 Å². The molecule has 4 heteroatoms. The first-order chi connectivity index (χ1) is 14.6. The van der Waals surface area contributed by atoms with Crippen molar-refractivity contribution in [3.63, 3.8) is 0 Å². The van der Waals surface area contributed by atoms with Gasteiger partial charge in [-0.25, -0.2) is 0 Å². The summed E-state index contributed by atoms with van der Waals surface area (Å²) in [4.78, 5) is 14.4. The van der Waals surface area contributed by atoms with E-state index in [1.165, 1.54) is 0 Å². The molecule has 1 atom stereocenters. The van der Waals surface area contributed by atoms with Gasteiger partial charge in [0.2, 0.25) is 0 Å². The maximum Gasteiger partial charge on any atom is 0.320 e. The lowest BCUT2D eigenvalue weighted by Crippen LogP contribution is -2.53. The van der Waals surface area contributed by atoms with Gasteiger partial charge in [-0.05, 0) is 43.1 Å². The first-order valence-electron chi connectivity index (χ1n) is 10.4. The fraction of sp³-hybridized carbons (Fsp3) is 0.269. The molecular formula is C26H30N2O2. The number of carbonyl (C=O) groups is 1. The zero-order chi connectivity index (χ0) is 21.4. The van der Waals surface area contributed by atoms with Gasteiger partial charge in [0, 0.05) is 0 Å². The molecule has 1 unspecified atom stereocenters. The number of rotatable bonds is 10. The fourth-order valence-electron chi connectivity index (χ4n) is 4.35. The number of nitrogens with zero attached hydrogens (tertiary/aromatic N) is 1. The van der Waals surface area contributed by atoms with Gasteiger partial charge in [0.1, 0.15) is 6.04 Å². The minimum absolute atomic E-state index is 0.539. The SMILES string of the molecule is CN(C(CCCCN)C(=O)O)C(c1ccccc1)(c1ccccc1)c1ccccc1. The second-order valence-electron chi connectivity index (χ2n) is 7.56. The third kappa shape index (κ3) is 4.30. The molecule has 0 amide bonds. The molecular weight excluding hydrogens is 372 g/mol. The van der Waals surface area contributed by atoms with Crippen LogP contribution in [0.3, 0.4) is 0 Å². The van der Waals surface area contributed by atoms with Crippen molar-refractivity contribution in [2.45, 2.75) is 30.8 Å². The molecule has 0 aliphatic carbocycles. The number of likely N-dealkylation sites (N-methyl/N-ethyl adjacent to an activating group) is 1. The van der Waals surface area contributed by atoms with Gasteiger partial charge < -0.3 is 10.8 Å². The Balaban J connectivity index is 2.26. The van der Waals surface area contributed by atoms with Gasteiger partial charge in [-0.2, -0.15) is 0 Å². The van der Waals surface area contributed by atoms with Gasteiger partial charge in [0.05, 0.1) is 5.54 Å². The van der Waals surface area contributed by atoms with Crippen molar-refractivity contribution >= 4 is 5.97 Å². The molecule has 0 saturated carbocycles. The number of unbranched alkanes of at least 4 members (excludes halogenated alkanes) is 1. The molecule has 3 aromatic carbocycles. The number of carboxylic acids is 1. The van der Waals surface area contributed by atoms with Gasteiger partial charge in [-0.15, -0.1) is 0 Å². The maximum absolute atomic E-state index is 12.4. The molecule has 3 aromatic rings. The molecule has 0 saturated heterocycles. The molecule has 3 rings (SSSR count). The van der Waals surface area contributed by atoms with Gasteiger partial charge >= 0.3 is 5.97 Å². The van der Waals surface area contributed by atoms with E-state index in [-0.39, 0.29) is 0 Å². The Bertz CT molecular complexity index is 817. The zero-order valence-electron chi connectivity index (χ0n) is 17.4. The third-order valence-corrected chi connectivity index (χ3v) is 5.79. The summed E-state index contributed by atoms with van der Waals surface area (Å²) in [5.74, 6) is -0.818. The van der Waals surface area contributed by atoms with Crippen LogP contribution in [0.4, 0.5) is 0 Å². The molecule has 0 heterocycles. The van der Waals surface area contributed by atoms with Crippen molar-refractivity contribution in [1.29, 1.82) is 0 Å². The minimum Gasteiger partial charge on any atom is -0.480 e. The minimum atomic E-state index is -0.818. The summed E-state index contributed by atoms with van der Waals surface area (Å²) in [7, 11) is 1.92. The van der Waals surface area contributed by atoms with E-state index in [1.54, 1.807) is 0 Å². The van der Waals surface area contributed by atoms with E-state index in [1.807, 2.05) is 66.5 Å². The summed E-state index contributed by atoms with van der Waals surface area (Å²) in [5.41, 5.74) is 8.04. The Morgan fingerprint density at radius 3 is 1.57 bits per heavy atom. The van der Waals surface area contributed by atoms with Crippen molar-refractivity contribution < 1.29 is 9.90 Å². The van der Waals surface area contributed by atoms with Crippen molar-refractivity contribution in [3.05, 3.63) is 108 Å². The highest BCUT2D eigenvalue weighted by Crippen LogP contribution is 2.43. The predicted molar refractivity (Wildman–Crippen MR) is 121 cm³/mol. The monoisotopic (exact) mass is 402 g/mol. The molecule has 0 radical (unpaired) electrons. The van der Waals surface area contributed by atoms with Crippen LogP contribution < -0.4 is 5.73 Å². The van der Waals surface area contributed by atoms with Crippen molar-refractivity contribution in [1.82, 2.24) is 4.90 Å². The molecule has 0 spiro atoms. The van der Waals surface area contributed by atoms with Crippen LogP contribution in [0, 0.1) is 0 Å². The maximum atomic E-state index is 12.4. The van der Waals surface area contributed by atoms with Gasteiger partial charge in [-0.3, -0.25) is 9.69 Å². The smallest absolute Gasteiger partial charge is 0.320 e. The van der Waals surface area contributed by atoms with E-state index in [2.05, 4.69) is 36.4 Å². The highest BCUT2D eigenvalue weighted by molar-refractivity contribution is 5.74. The molecule has 4 nitrogen and oxygen atoms in total. The van der Waals surface area contributed by atoms with Crippen molar-refractivity contribution in [2.75, 3.05) is 13.6 Å². The summed E-state index contributed by atoms with van der Waals surface area (Å²) in [6.45, 7) is 0.567. The number of hydrogen-bond donors (Lipinski definition) is 2. The van der Waals surface area contributed by atoms with Crippen LogP contribution in [0.25, 0.3) is 0 Å². The predicted octanol–water partition coefficient (Wildman–Crippen LogP) is 4.49. The number of hydrogen-bond acceptors (Lipinski definition) is 3. The van der Waals surface area contributed by atoms with Crippen LogP contribution in [-0.2, 0) is 10.3 Å². The van der Waals surface area contributed by atoms with Crippen LogP contribution in [0.15, 0.2) is 91.0 Å². The van der Waals surface area contributed by atoms with E-state index in [9.17, 15) is 9.90 Å². The second-order valence-corrected chi connectivity index (χ2v) is 7.56. The van der Waals surface area contributed by atoms with Gasteiger partial charge in [0.15, 0.2) is 0 Å². The van der Waals surface area contributed by atoms with E-state index >= 15 is 0 Å². The summed E-state index contributed by atoms with van der Waals surface area (Å²) < 4.78 is 0. The Kier molecular flexibility index (Phi) is 7.39. The first kappa shape index (κ1) is 21.8. The standard InChI is InChI=1S/C26H30N2O2/c1-28(24(25(29)30)19-11-12-20-27)26(21-13-5-2-6-14-21,22-15-7-3-8-16-22)23-17-9-4-10-18-23/h2-10,13-18,24H,11-12,19-20,27H2,1H3,(H,29,30). The fourth-order valence-corrected chi connectivity index (χ4v) is 4.35. The Morgan fingerprint density at radius 2 is 1.23 bits per heavy atom. The van der Waals surface area contributed by atoms with E-state index in [0.717, 1.165) is 29.5 Å². The van der Waals surface area contributed by atoms with Crippen LogP contribution >= 0.6 is 0 Å². The third-order valence-electron chi connectivity index (χ3n) is 5.79. The lowest BCUT2D eigenvalue weighted by Gasteiger charge is -2.46. The van der Waals surface area contributed by atoms with Crippen molar-refractivity contribution in [2.24, 2.45) is 5.73 Å². The Labute approximate surface area is 179 Å². The zero-order valence-corrected chi connectivity index (χ0v) is 17.4. The van der Waals surface area contributed by atoms with Crippen LogP contribution in [0.5, 0.6) is 0 Å². The first-order valence-corrected chi connectivity index (χ1v) is 10.4. The Morgan fingerprint density at radius 1 is 0.833 bits per heavy atom. The molecule has 0 bridgehead atoms. The molecule has 30 heavy (non-hydrogen) atoms. The quantitative estimate of drug-likeness (QED) is 0.387. The molecule has 0 aliphatic heterocycles. The lowest BCUT2D eigenvalue weighted by atomic mass is 9.75. The average molecular weight is 403 g/mol. The highest BCUT2D eigenvalue weighted by atomic mass is 16.4. The van der Waals surface area contributed by atoms with E-state index < -0.39 is 17.6 Å². The molecule has 0 aliphatic rings. The average Bonchev–Trinajstić information content (AvgIpc) is 2.79. The summed E-state index contributed by atoms with van der Waals surface area (Å²) >= 11 is 0. The van der Waals surface area contributed by atoms with Gasteiger partial charge in [-0.1, -0.05) is 97.4 Å². The van der Waals surface area contributed by atoms with E-state index in [0.29, 0.717) is 13.0 Å². The van der Waals surface area contributed by atoms with Crippen LogP contribution in [-0.4, -0.2) is 35.6 Å². The molecule has 0 fully saturated rings. The number of benzene rings is 3. The largest absolute Gasteiger partial charge is 0.480 e. The number of aliphatic carboxylic acids is 1. The summed E-state index contributed by atoms with van der Waals surface area (Å²) in [6, 6.07) is 29.8.